The summed E-state index contributed by atoms with van der Waals surface area (Å²) < 4.78 is 20.3. The zero-order valence-electron chi connectivity index (χ0n) is 13.6. The molecule has 0 N–H and O–H groups in total. The third-order valence-corrected chi connectivity index (χ3v) is 5.37. The molecule has 2 aromatic heterocycles. The molecule has 1 unspecified atom stereocenters. The van der Waals surface area contributed by atoms with E-state index in [4.69, 9.17) is 4.74 Å². The number of aryl methyl sites for hydroxylation is 1. The molecule has 0 fully saturated rings. The van der Waals surface area contributed by atoms with Crippen LogP contribution >= 0.6 is 0 Å². The summed E-state index contributed by atoms with van der Waals surface area (Å²) >= 11 is -1.28. The van der Waals surface area contributed by atoms with E-state index in [1.54, 1.807) is 28.8 Å². The number of hydrogen-bond donors (Lipinski definition) is 0. The van der Waals surface area contributed by atoms with Gasteiger partial charge in [0.15, 0.2) is 10.7 Å². The minimum absolute atomic E-state index is 0.232. The van der Waals surface area contributed by atoms with Gasteiger partial charge in [-0.3, -0.25) is 4.98 Å². The molecule has 0 amide bonds. The molecule has 3 heterocycles. The Morgan fingerprint density at radius 3 is 2.84 bits per heavy atom. The van der Waals surface area contributed by atoms with E-state index in [1.165, 1.54) is 0 Å². The Kier molecular flexibility index (Phi) is 4.25. The lowest BCUT2D eigenvalue weighted by Gasteiger charge is -2.18. The van der Waals surface area contributed by atoms with Crippen molar-refractivity contribution in [3.05, 3.63) is 66.1 Å². The van der Waals surface area contributed by atoms with Crippen molar-refractivity contribution < 1.29 is 9.29 Å². The number of benzene rings is 1. The number of nitrogens with zero attached hydrogens (tertiary/aromatic N) is 4. The number of ether oxygens (including phenoxy) is 1. The first-order valence-electron chi connectivity index (χ1n) is 7.98. The average Bonchev–Trinajstić information content (AvgIpc) is 2.99. The van der Waals surface area contributed by atoms with E-state index in [-0.39, 0.29) is 6.01 Å². The highest BCUT2D eigenvalue weighted by Crippen LogP contribution is 2.34. The van der Waals surface area contributed by atoms with Crippen LogP contribution in [0.4, 0.5) is 5.82 Å². The quantitative estimate of drug-likeness (QED) is 0.671. The molecule has 1 atom stereocenters. The maximum atomic E-state index is 12.8. The highest BCUT2D eigenvalue weighted by atomic mass is 32.2. The third kappa shape index (κ3) is 3.16. The Hall–Kier alpha value is -2.64. The topological polar surface area (TPSA) is 74.2 Å². The normalized spacial score (nSPS) is 15.9. The Morgan fingerprint density at radius 2 is 2.08 bits per heavy atom. The lowest BCUT2D eigenvalue weighted by Crippen LogP contribution is -2.25. The highest BCUT2D eigenvalue weighted by molar-refractivity contribution is 7.93. The molecule has 126 valence electrons. The SMILES string of the molecule is CCc1cc(N2Cc3ccccc3[S+]2[O-])nc(Oc2cccnc2)n1. The maximum absolute atomic E-state index is 12.8. The van der Waals surface area contributed by atoms with Crippen LogP contribution in [0.5, 0.6) is 11.8 Å². The van der Waals surface area contributed by atoms with Crippen LogP contribution in [0.2, 0.25) is 0 Å². The summed E-state index contributed by atoms with van der Waals surface area (Å²) in [5, 5.41) is 0. The van der Waals surface area contributed by atoms with Crippen LogP contribution in [0.25, 0.3) is 0 Å². The molecular weight excluding hydrogens is 336 g/mol. The van der Waals surface area contributed by atoms with Crippen molar-refractivity contribution >= 4 is 17.2 Å². The van der Waals surface area contributed by atoms with Crippen molar-refractivity contribution in [2.75, 3.05) is 4.31 Å². The molecule has 0 saturated carbocycles. The molecule has 4 rings (SSSR count). The number of aromatic nitrogens is 3. The van der Waals surface area contributed by atoms with E-state index in [2.05, 4.69) is 15.0 Å². The molecule has 1 aliphatic heterocycles. The molecule has 6 nitrogen and oxygen atoms in total. The average molecular weight is 352 g/mol. The van der Waals surface area contributed by atoms with Crippen LogP contribution in [0.3, 0.4) is 0 Å². The van der Waals surface area contributed by atoms with Gasteiger partial charge in [0.1, 0.15) is 17.1 Å². The van der Waals surface area contributed by atoms with Crippen molar-refractivity contribution in [3.8, 4) is 11.8 Å². The number of hydrogen-bond acceptors (Lipinski definition) is 6. The van der Waals surface area contributed by atoms with Crippen LogP contribution in [0, 0.1) is 0 Å². The Morgan fingerprint density at radius 1 is 1.20 bits per heavy atom. The van der Waals surface area contributed by atoms with Crippen molar-refractivity contribution in [3.63, 3.8) is 0 Å². The van der Waals surface area contributed by atoms with Crippen LogP contribution in [0.15, 0.2) is 59.8 Å². The van der Waals surface area contributed by atoms with E-state index in [1.807, 2.05) is 37.3 Å². The van der Waals surface area contributed by atoms with E-state index < -0.39 is 11.4 Å². The maximum Gasteiger partial charge on any atom is 0.324 e. The second-order valence-electron chi connectivity index (χ2n) is 5.54. The first kappa shape index (κ1) is 15.9. The van der Waals surface area contributed by atoms with Gasteiger partial charge in [-0.25, -0.2) is 0 Å². The summed E-state index contributed by atoms with van der Waals surface area (Å²) in [6, 6.07) is 13.4. The van der Waals surface area contributed by atoms with Gasteiger partial charge in [0, 0.05) is 23.5 Å². The van der Waals surface area contributed by atoms with E-state index in [0.29, 0.717) is 18.1 Å². The van der Waals surface area contributed by atoms with Gasteiger partial charge >= 0.3 is 6.01 Å². The zero-order valence-corrected chi connectivity index (χ0v) is 14.4. The smallest absolute Gasteiger partial charge is 0.324 e. The number of fused-ring (bicyclic) bond motifs is 1. The van der Waals surface area contributed by atoms with Crippen molar-refractivity contribution in [1.29, 1.82) is 0 Å². The predicted molar refractivity (Wildman–Crippen MR) is 94.8 cm³/mol. The van der Waals surface area contributed by atoms with E-state index in [0.717, 1.165) is 22.6 Å². The minimum atomic E-state index is -1.28. The second-order valence-corrected chi connectivity index (χ2v) is 6.92. The fourth-order valence-corrected chi connectivity index (χ4v) is 3.94. The van der Waals surface area contributed by atoms with Gasteiger partial charge in [0.25, 0.3) is 0 Å². The second kappa shape index (κ2) is 6.70. The lowest BCUT2D eigenvalue weighted by atomic mass is 10.2. The standard InChI is InChI=1S/C18H16N4O2S/c1-2-14-10-17(21-18(20-14)24-15-7-5-9-19-11-15)22-12-13-6-3-4-8-16(13)25(22)23/h3-11H,2,12H2,1H3. The van der Waals surface area contributed by atoms with Gasteiger partial charge in [0.2, 0.25) is 0 Å². The molecular formula is C18H16N4O2S. The Bertz CT molecular complexity index is 891. The van der Waals surface area contributed by atoms with Crippen LogP contribution < -0.4 is 9.04 Å². The van der Waals surface area contributed by atoms with Crippen molar-refractivity contribution in [2.45, 2.75) is 24.8 Å². The summed E-state index contributed by atoms with van der Waals surface area (Å²) in [5.41, 5.74) is 1.88. The molecule has 0 radical (unpaired) electrons. The fraction of sp³-hybridized carbons (Fsp3) is 0.167. The van der Waals surface area contributed by atoms with Gasteiger partial charge in [-0.1, -0.05) is 25.1 Å². The first-order chi connectivity index (χ1) is 12.2. The Balaban J connectivity index is 1.67. The van der Waals surface area contributed by atoms with Gasteiger partial charge < -0.3 is 9.29 Å². The summed E-state index contributed by atoms with van der Waals surface area (Å²) in [4.78, 5) is 13.7. The molecule has 0 saturated heterocycles. The zero-order chi connectivity index (χ0) is 17.2. The number of pyridine rings is 1. The molecule has 1 aliphatic rings. The predicted octanol–water partition coefficient (Wildman–Crippen LogP) is 3.27. The van der Waals surface area contributed by atoms with Gasteiger partial charge in [-0.2, -0.15) is 14.3 Å². The molecule has 1 aromatic carbocycles. The molecule has 25 heavy (non-hydrogen) atoms. The number of anilines is 1. The van der Waals surface area contributed by atoms with E-state index >= 15 is 0 Å². The minimum Gasteiger partial charge on any atom is -0.588 e. The first-order valence-corrected chi connectivity index (χ1v) is 9.08. The van der Waals surface area contributed by atoms with Crippen molar-refractivity contribution in [1.82, 2.24) is 15.0 Å². The fourth-order valence-electron chi connectivity index (χ4n) is 2.63. The summed E-state index contributed by atoms with van der Waals surface area (Å²) in [5.74, 6) is 1.16. The molecule has 0 spiro atoms. The van der Waals surface area contributed by atoms with Crippen molar-refractivity contribution in [2.24, 2.45) is 0 Å². The van der Waals surface area contributed by atoms with Crippen LogP contribution in [-0.2, 0) is 24.3 Å². The lowest BCUT2D eigenvalue weighted by molar-refractivity contribution is 0.438. The summed E-state index contributed by atoms with van der Waals surface area (Å²) in [6.45, 7) is 2.56. The summed E-state index contributed by atoms with van der Waals surface area (Å²) in [6.07, 6.45) is 4.00. The van der Waals surface area contributed by atoms with Gasteiger partial charge in [-0.15, -0.1) is 0 Å². The third-order valence-electron chi connectivity index (χ3n) is 3.88. The van der Waals surface area contributed by atoms with E-state index in [9.17, 15) is 4.55 Å². The summed E-state index contributed by atoms with van der Waals surface area (Å²) in [7, 11) is 0. The van der Waals surface area contributed by atoms with Crippen LogP contribution in [0.1, 0.15) is 18.2 Å². The number of rotatable bonds is 4. The monoisotopic (exact) mass is 352 g/mol. The molecule has 7 heteroatoms. The molecule has 0 aliphatic carbocycles. The van der Waals surface area contributed by atoms with Crippen LogP contribution in [-0.4, -0.2) is 19.5 Å². The van der Waals surface area contributed by atoms with Gasteiger partial charge in [-0.05, 0) is 24.6 Å². The molecule has 0 bridgehead atoms. The van der Waals surface area contributed by atoms with Gasteiger partial charge in [0.05, 0.1) is 12.7 Å². The Labute approximate surface area is 148 Å². The largest absolute Gasteiger partial charge is 0.588 e. The molecule has 3 aromatic rings. The highest BCUT2D eigenvalue weighted by Gasteiger charge is 2.35.